The van der Waals surface area contributed by atoms with Crippen LogP contribution < -0.4 is 10.5 Å². The molecule has 0 radical (unpaired) electrons. The van der Waals surface area contributed by atoms with Gasteiger partial charge in [-0.25, -0.2) is 4.39 Å². The number of hydrogen-bond acceptors (Lipinski definition) is 2. The highest BCUT2D eigenvalue weighted by atomic mass is 35.5. The third kappa shape index (κ3) is 2.68. The number of aryl methyl sites for hydroxylation is 1. The van der Waals surface area contributed by atoms with E-state index in [1.807, 2.05) is 6.92 Å². The number of ether oxygens (including phenoxy) is 1. The Bertz CT molecular complexity index is 602. The van der Waals surface area contributed by atoms with Gasteiger partial charge < -0.3 is 10.5 Å². The molecule has 0 amide bonds. The van der Waals surface area contributed by atoms with Crippen LogP contribution in [-0.2, 0) is 0 Å². The minimum Gasteiger partial charge on any atom is -0.455 e. The molecule has 2 rings (SSSR count). The second-order valence-electron chi connectivity index (χ2n) is 3.82. The van der Waals surface area contributed by atoms with Crippen molar-refractivity contribution in [3.63, 3.8) is 0 Å². The predicted octanol–water partition coefficient (Wildman–Crippen LogP) is 4.82. The summed E-state index contributed by atoms with van der Waals surface area (Å²) in [7, 11) is 0. The highest BCUT2D eigenvalue weighted by Crippen LogP contribution is 2.34. The molecule has 0 atom stereocenters. The van der Waals surface area contributed by atoms with Gasteiger partial charge in [-0.3, -0.25) is 0 Å². The number of rotatable bonds is 2. The van der Waals surface area contributed by atoms with E-state index < -0.39 is 5.82 Å². The standard InChI is InChI=1S/C13H10Cl2FNO/c1-7-4-11(17)9(14)6-13(7)18-12-3-2-8(16)5-10(12)15/h2-6H,17H2,1H3. The van der Waals surface area contributed by atoms with Gasteiger partial charge in [0.1, 0.15) is 17.3 Å². The molecule has 0 heterocycles. The van der Waals surface area contributed by atoms with Gasteiger partial charge in [0, 0.05) is 6.07 Å². The lowest BCUT2D eigenvalue weighted by Gasteiger charge is -2.11. The van der Waals surface area contributed by atoms with Gasteiger partial charge in [-0.05, 0) is 36.8 Å². The number of anilines is 1. The van der Waals surface area contributed by atoms with Crippen molar-refractivity contribution in [2.75, 3.05) is 5.73 Å². The molecule has 0 aliphatic carbocycles. The molecule has 0 saturated heterocycles. The number of nitrogen functional groups attached to an aromatic ring is 1. The quantitative estimate of drug-likeness (QED) is 0.803. The van der Waals surface area contributed by atoms with E-state index in [4.69, 9.17) is 33.7 Å². The topological polar surface area (TPSA) is 35.2 Å². The van der Waals surface area contributed by atoms with E-state index in [9.17, 15) is 4.39 Å². The molecule has 0 bridgehead atoms. The van der Waals surface area contributed by atoms with Crippen molar-refractivity contribution in [1.82, 2.24) is 0 Å². The first kappa shape index (κ1) is 13.0. The smallest absolute Gasteiger partial charge is 0.146 e. The van der Waals surface area contributed by atoms with Gasteiger partial charge in [0.05, 0.1) is 15.7 Å². The zero-order valence-electron chi connectivity index (χ0n) is 9.51. The van der Waals surface area contributed by atoms with Gasteiger partial charge in [0.2, 0.25) is 0 Å². The number of nitrogens with two attached hydrogens (primary N) is 1. The molecule has 2 aromatic carbocycles. The maximum absolute atomic E-state index is 12.9. The van der Waals surface area contributed by atoms with Crippen LogP contribution in [0.5, 0.6) is 11.5 Å². The normalized spacial score (nSPS) is 10.4. The Morgan fingerprint density at radius 2 is 1.78 bits per heavy atom. The Hall–Kier alpha value is -1.45. The van der Waals surface area contributed by atoms with Crippen molar-refractivity contribution in [3.8, 4) is 11.5 Å². The Kier molecular flexibility index (Phi) is 3.64. The first-order valence-electron chi connectivity index (χ1n) is 5.16. The molecule has 2 N–H and O–H groups in total. The molecular weight excluding hydrogens is 276 g/mol. The van der Waals surface area contributed by atoms with Crippen LogP contribution in [0.25, 0.3) is 0 Å². The predicted molar refractivity (Wildman–Crippen MR) is 72.1 cm³/mol. The summed E-state index contributed by atoms with van der Waals surface area (Å²) in [6.45, 7) is 1.83. The van der Waals surface area contributed by atoms with Gasteiger partial charge in [-0.1, -0.05) is 23.2 Å². The molecule has 18 heavy (non-hydrogen) atoms. The van der Waals surface area contributed by atoms with E-state index in [2.05, 4.69) is 0 Å². The molecule has 5 heteroatoms. The summed E-state index contributed by atoms with van der Waals surface area (Å²) in [6, 6.07) is 7.23. The molecule has 0 unspecified atom stereocenters. The molecule has 94 valence electrons. The minimum absolute atomic E-state index is 0.197. The SMILES string of the molecule is Cc1cc(N)c(Cl)cc1Oc1ccc(F)cc1Cl. The first-order valence-corrected chi connectivity index (χ1v) is 5.91. The lowest BCUT2D eigenvalue weighted by molar-refractivity contribution is 0.477. The summed E-state index contributed by atoms with van der Waals surface area (Å²) >= 11 is 11.8. The fourth-order valence-electron chi connectivity index (χ4n) is 1.47. The molecule has 0 aromatic heterocycles. The van der Waals surface area contributed by atoms with Gasteiger partial charge in [0.15, 0.2) is 0 Å². The summed E-state index contributed by atoms with van der Waals surface area (Å²) in [5, 5.41) is 0.594. The fraction of sp³-hybridized carbons (Fsp3) is 0.0769. The molecule has 2 aromatic rings. The van der Waals surface area contributed by atoms with E-state index in [0.29, 0.717) is 22.2 Å². The molecule has 0 spiro atoms. The van der Waals surface area contributed by atoms with Crippen molar-refractivity contribution in [2.45, 2.75) is 6.92 Å². The monoisotopic (exact) mass is 285 g/mol. The van der Waals surface area contributed by atoms with Crippen LogP contribution in [0.1, 0.15) is 5.56 Å². The van der Waals surface area contributed by atoms with Crippen molar-refractivity contribution in [2.24, 2.45) is 0 Å². The molecule has 0 fully saturated rings. The maximum atomic E-state index is 12.9. The van der Waals surface area contributed by atoms with Crippen LogP contribution in [0, 0.1) is 12.7 Å². The van der Waals surface area contributed by atoms with Crippen LogP contribution in [0.15, 0.2) is 30.3 Å². The Balaban J connectivity index is 2.37. The molecule has 0 saturated carbocycles. The van der Waals surface area contributed by atoms with E-state index in [1.54, 1.807) is 12.1 Å². The lowest BCUT2D eigenvalue weighted by atomic mass is 10.2. The van der Waals surface area contributed by atoms with E-state index >= 15 is 0 Å². The number of halogens is 3. The first-order chi connectivity index (χ1) is 8.47. The Morgan fingerprint density at radius 1 is 1.06 bits per heavy atom. The summed E-state index contributed by atoms with van der Waals surface area (Å²) < 4.78 is 18.5. The Morgan fingerprint density at radius 3 is 2.44 bits per heavy atom. The second-order valence-corrected chi connectivity index (χ2v) is 4.63. The highest BCUT2D eigenvalue weighted by molar-refractivity contribution is 6.33. The number of benzene rings is 2. The third-order valence-corrected chi connectivity index (χ3v) is 3.03. The summed E-state index contributed by atoms with van der Waals surface area (Å²) in [4.78, 5) is 0. The average Bonchev–Trinajstić information content (AvgIpc) is 2.29. The van der Waals surface area contributed by atoms with E-state index in [0.717, 1.165) is 5.56 Å². The fourth-order valence-corrected chi connectivity index (χ4v) is 1.83. The van der Waals surface area contributed by atoms with Gasteiger partial charge in [0.25, 0.3) is 0 Å². The van der Waals surface area contributed by atoms with Crippen LogP contribution >= 0.6 is 23.2 Å². The maximum Gasteiger partial charge on any atom is 0.146 e. The van der Waals surface area contributed by atoms with Crippen LogP contribution in [0.4, 0.5) is 10.1 Å². The third-order valence-electron chi connectivity index (χ3n) is 2.41. The zero-order chi connectivity index (χ0) is 13.3. The molecule has 2 nitrogen and oxygen atoms in total. The van der Waals surface area contributed by atoms with Gasteiger partial charge in [-0.2, -0.15) is 0 Å². The van der Waals surface area contributed by atoms with E-state index in [-0.39, 0.29) is 5.02 Å². The summed E-state index contributed by atoms with van der Waals surface area (Å²) in [6.07, 6.45) is 0. The summed E-state index contributed by atoms with van der Waals surface area (Å²) in [5.41, 5.74) is 6.96. The average molecular weight is 286 g/mol. The van der Waals surface area contributed by atoms with Crippen molar-refractivity contribution >= 4 is 28.9 Å². The lowest BCUT2D eigenvalue weighted by Crippen LogP contribution is -1.93. The van der Waals surface area contributed by atoms with E-state index in [1.165, 1.54) is 18.2 Å². The number of hydrogen-bond donors (Lipinski definition) is 1. The second kappa shape index (κ2) is 5.04. The molecule has 0 aliphatic heterocycles. The van der Waals surface area contributed by atoms with Crippen molar-refractivity contribution in [1.29, 1.82) is 0 Å². The van der Waals surface area contributed by atoms with Gasteiger partial charge >= 0.3 is 0 Å². The largest absolute Gasteiger partial charge is 0.455 e. The van der Waals surface area contributed by atoms with Crippen LogP contribution in [-0.4, -0.2) is 0 Å². The molecule has 0 aliphatic rings. The van der Waals surface area contributed by atoms with Crippen LogP contribution in [0.2, 0.25) is 10.0 Å². The molecular formula is C13H10Cl2FNO. The Labute approximate surface area is 114 Å². The van der Waals surface area contributed by atoms with Crippen molar-refractivity contribution < 1.29 is 9.13 Å². The van der Waals surface area contributed by atoms with Crippen LogP contribution in [0.3, 0.4) is 0 Å². The van der Waals surface area contributed by atoms with Crippen molar-refractivity contribution in [3.05, 3.63) is 51.8 Å². The highest BCUT2D eigenvalue weighted by Gasteiger charge is 2.09. The van der Waals surface area contributed by atoms with Gasteiger partial charge in [-0.15, -0.1) is 0 Å². The summed E-state index contributed by atoms with van der Waals surface area (Å²) in [5.74, 6) is 0.476. The zero-order valence-corrected chi connectivity index (χ0v) is 11.0. The minimum atomic E-state index is -0.417.